The van der Waals surface area contributed by atoms with E-state index in [4.69, 9.17) is 0 Å². The quantitative estimate of drug-likeness (QED) is 0.677. The number of aryl methyl sites for hydroxylation is 1. The summed E-state index contributed by atoms with van der Waals surface area (Å²) in [6.07, 6.45) is 7.66. The first-order valence-electron chi connectivity index (χ1n) is 6.84. The Labute approximate surface area is 111 Å². The van der Waals surface area contributed by atoms with Gasteiger partial charge in [-0.25, -0.2) is 0 Å². The van der Waals surface area contributed by atoms with Crippen LogP contribution in [0.4, 0.5) is 0 Å². The van der Waals surface area contributed by atoms with Crippen molar-refractivity contribution in [3.8, 4) is 0 Å². The number of allylic oxidation sites excluding steroid dienone is 3. The zero-order valence-electron chi connectivity index (χ0n) is 12.4. The van der Waals surface area contributed by atoms with E-state index in [-0.39, 0.29) is 0 Å². The molecule has 0 saturated carbocycles. The van der Waals surface area contributed by atoms with Gasteiger partial charge < -0.3 is 0 Å². The summed E-state index contributed by atoms with van der Waals surface area (Å²) in [6, 6.07) is 0. The van der Waals surface area contributed by atoms with Gasteiger partial charge in [-0.1, -0.05) is 52.8 Å². The van der Waals surface area contributed by atoms with Gasteiger partial charge in [0.25, 0.3) is 0 Å². The van der Waals surface area contributed by atoms with Gasteiger partial charge >= 0.3 is 0 Å². The van der Waals surface area contributed by atoms with Crippen LogP contribution in [-0.4, -0.2) is 9.78 Å². The van der Waals surface area contributed by atoms with Crippen LogP contribution in [-0.2, 0) is 6.54 Å². The van der Waals surface area contributed by atoms with Crippen LogP contribution in [0.5, 0.6) is 0 Å². The molecular formula is C16H26N2. The summed E-state index contributed by atoms with van der Waals surface area (Å²) < 4.78 is 1.99. The third-order valence-electron chi connectivity index (χ3n) is 3.28. The third kappa shape index (κ3) is 4.17. The lowest BCUT2D eigenvalue weighted by atomic mass is 10.1. The molecule has 0 radical (unpaired) electrons. The van der Waals surface area contributed by atoms with Crippen molar-refractivity contribution < 1.29 is 0 Å². The Bertz CT molecular complexity index is 424. The summed E-state index contributed by atoms with van der Waals surface area (Å²) in [5.41, 5.74) is 3.56. The Morgan fingerprint density at radius 1 is 1.44 bits per heavy atom. The van der Waals surface area contributed by atoms with Gasteiger partial charge in [-0.15, -0.1) is 0 Å². The van der Waals surface area contributed by atoms with E-state index >= 15 is 0 Å². The van der Waals surface area contributed by atoms with Crippen molar-refractivity contribution in [2.75, 3.05) is 0 Å². The molecule has 1 atom stereocenters. The van der Waals surface area contributed by atoms with Crippen molar-refractivity contribution in [3.63, 3.8) is 0 Å². The molecule has 1 heterocycles. The lowest BCUT2D eigenvalue weighted by Crippen LogP contribution is -2.00. The molecule has 1 rings (SSSR count). The molecule has 1 aromatic rings. The monoisotopic (exact) mass is 246 g/mol. The van der Waals surface area contributed by atoms with Crippen LogP contribution in [0.15, 0.2) is 30.5 Å². The standard InChI is InChI=1S/C16H26N2/c1-7-13(4)8-9-14(5)10-18-11-16(12(2)3)15(6)17-18/h8-9,11-13H,5,7,10H2,1-4,6H3/b9-8-. The normalized spacial score (nSPS) is 13.4. The summed E-state index contributed by atoms with van der Waals surface area (Å²) in [5, 5.41) is 4.54. The fourth-order valence-corrected chi connectivity index (χ4v) is 1.88. The summed E-state index contributed by atoms with van der Waals surface area (Å²) in [5.74, 6) is 1.15. The summed E-state index contributed by atoms with van der Waals surface area (Å²) in [4.78, 5) is 0. The number of hydrogen-bond donors (Lipinski definition) is 0. The molecule has 1 unspecified atom stereocenters. The summed E-state index contributed by atoms with van der Waals surface area (Å²) >= 11 is 0. The van der Waals surface area contributed by atoms with E-state index in [2.05, 4.69) is 64.6 Å². The van der Waals surface area contributed by atoms with E-state index in [1.54, 1.807) is 0 Å². The van der Waals surface area contributed by atoms with Crippen LogP contribution in [0.1, 0.15) is 51.3 Å². The van der Waals surface area contributed by atoms with Crippen LogP contribution in [0.25, 0.3) is 0 Å². The molecule has 18 heavy (non-hydrogen) atoms. The Morgan fingerprint density at radius 2 is 2.11 bits per heavy atom. The highest BCUT2D eigenvalue weighted by Gasteiger charge is 2.08. The van der Waals surface area contributed by atoms with Crippen LogP contribution in [0, 0.1) is 12.8 Å². The molecule has 0 fully saturated rings. The fourth-order valence-electron chi connectivity index (χ4n) is 1.88. The zero-order valence-corrected chi connectivity index (χ0v) is 12.4. The van der Waals surface area contributed by atoms with E-state index in [1.165, 1.54) is 12.0 Å². The predicted octanol–water partition coefficient (Wildman–Crippen LogP) is 4.47. The molecule has 0 bridgehead atoms. The van der Waals surface area contributed by atoms with Crippen molar-refractivity contribution in [3.05, 3.63) is 41.8 Å². The molecule has 0 aromatic carbocycles. The molecule has 2 nitrogen and oxygen atoms in total. The minimum Gasteiger partial charge on any atom is -0.268 e. The van der Waals surface area contributed by atoms with Gasteiger partial charge in [0.1, 0.15) is 0 Å². The highest BCUT2D eigenvalue weighted by atomic mass is 15.3. The van der Waals surface area contributed by atoms with Crippen molar-refractivity contribution in [2.24, 2.45) is 5.92 Å². The van der Waals surface area contributed by atoms with Gasteiger partial charge in [0.2, 0.25) is 0 Å². The second kappa shape index (κ2) is 6.58. The number of nitrogens with zero attached hydrogens (tertiary/aromatic N) is 2. The molecule has 0 aliphatic heterocycles. The smallest absolute Gasteiger partial charge is 0.0653 e. The van der Waals surface area contributed by atoms with Gasteiger partial charge in [0, 0.05) is 6.20 Å². The first-order chi connectivity index (χ1) is 8.43. The topological polar surface area (TPSA) is 17.8 Å². The Morgan fingerprint density at radius 3 is 2.61 bits per heavy atom. The minimum absolute atomic E-state index is 0.530. The van der Waals surface area contributed by atoms with E-state index in [1.807, 2.05) is 4.68 Å². The van der Waals surface area contributed by atoms with Gasteiger partial charge in [-0.2, -0.15) is 5.10 Å². The molecule has 100 valence electrons. The molecule has 0 spiro atoms. The molecule has 0 aliphatic rings. The molecule has 0 amide bonds. The van der Waals surface area contributed by atoms with Gasteiger partial charge in [0.05, 0.1) is 12.2 Å². The fraction of sp³-hybridized carbons (Fsp3) is 0.562. The van der Waals surface area contributed by atoms with Crippen molar-refractivity contribution in [2.45, 2.75) is 53.5 Å². The lowest BCUT2D eigenvalue weighted by Gasteiger charge is -2.03. The van der Waals surface area contributed by atoms with Crippen molar-refractivity contribution >= 4 is 0 Å². The number of rotatable bonds is 6. The molecule has 1 aromatic heterocycles. The van der Waals surface area contributed by atoms with Crippen LogP contribution in [0.3, 0.4) is 0 Å². The Hall–Kier alpha value is -1.31. The number of hydrogen-bond acceptors (Lipinski definition) is 1. The van der Waals surface area contributed by atoms with Crippen molar-refractivity contribution in [1.82, 2.24) is 9.78 Å². The average molecular weight is 246 g/mol. The minimum atomic E-state index is 0.530. The van der Waals surface area contributed by atoms with Gasteiger partial charge in [-0.3, -0.25) is 4.68 Å². The first kappa shape index (κ1) is 14.7. The van der Waals surface area contributed by atoms with Gasteiger partial charge in [-0.05, 0) is 29.9 Å². The van der Waals surface area contributed by atoms with Crippen LogP contribution >= 0.6 is 0 Å². The lowest BCUT2D eigenvalue weighted by molar-refractivity contribution is 0.673. The third-order valence-corrected chi connectivity index (χ3v) is 3.28. The molecular weight excluding hydrogens is 220 g/mol. The maximum atomic E-state index is 4.54. The van der Waals surface area contributed by atoms with E-state index in [0.717, 1.165) is 17.8 Å². The highest BCUT2D eigenvalue weighted by molar-refractivity contribution is 5.21. The van der Waals surface area contributed by atoms with E-state index in [0.29, 0.717) is 11.8 Å². The SMILES string of the molecule is C=C(/C=C\C(C)CC)Cn1cc(C(C)C)c(C)n1. The van der Waals surface area contributed by atoms with E-state index in [9.17, 15) is 0 Å². The average Bonchev–Trinajstić information content (AvgIpc) is 2.67. The molecule has 0 aliphatic carbocycles. The Balaban J connectivity index is 2.65. The second-order valence-electron chi connectivity index (χ2n) is 5.43. The largest absolute Gasteiger partial charge is 0.268 e. The highest BCUT2D eigenvalue weighted by Crippen LogP contribution is 2.18. The summed E-state index contributed by atoms with van der Waals surface area (Å²) in [6.45, 7) is 15.8. The second-order valence-corrected chi connectivity index (χ2v) is 5.43. The zero-order chi connectivity index (χ0) is 13.7. The Kier molecular flexibility index (Phi) is 5.39. The maximum Gasteiger partial charge on any atom is 0.0653 e. The maximum absolute atomic E-state index is 4.54. The van der Waals surface area contributed by atoms with Crippen LogP contribution < -0.4 is 0 Å². The molecule has 0 N–H and O–H groups in total. The van der Waals surface area contributed by atoms with E-state index < -0.39 is 0 Å². The molecule has 0 saturated heterocycles. The van der Waals surface area contributed by atoms with Crippen molar-refractivity contribution in [1.29, 1.82) is 0 Å². The summed E-state index contributed by atoms with van der Waals surface area (Å²) in [7, 11) is 0. The first-order valence-corrected chi connectivity index (χ1v) is 6.84. The number of aromatic nitrogens is 2. The van der Waals surface area contributed by atoms with Gasteiger partial charge in [0.15, 0.2) is 0 Å². The van der Waals surface area contributed by atoms with Crippen LogP contribution in [0.2, 0.25) is 0 Å². The predicted molar refractivity (Wildman–Crippen MR) is 78.8 cm³/mol. The molecule has 2 heteroatoms.